The molecule has 2 aliphatic heterocycles. The first kappa shape index (κ1) is 22.3. The summed E-state index contributed by atoms with van der Waals surface area (Å²) in [5.41, 5.74) is 7.82. The second kappa shape index (κ2) is 8.89. The first-order chi connectivity index (χ1) is 15.8. The molecule has 1 aromatic heterocycles. The van der Waals surface area contributed by atoms with Crippen molar-refractivity contribution in [1.82, 2.24) is 15.2 Å². The number of anilines is 1. The number of piperidine rings is 1. The summed E-state index contributed by atoms with van der Waals surface area (Å²) < 4.78 is 5.00. The number of rotatable bonds is 4. The van der Waals surface area contributed by atoms with Gasteiger partial charge in [-0.2, -0.15) is 0 Å². The maximum absolute atomic E-state index is 13.2. The molecule has 172 valence electrons. The molecule has 2 aliphatic rings. The van der Waals surface area contributed by atoms with Crippen LogP contribution in [0.5, 0.6) is 5.88 Å². The van der Waals surface area contributed by atoms with Gasteiger partial charge in [-0.15, -0.1) is 0 Å². The van der Waals surface area contributed by atoms with Gasteiger partial charge in [0.1, 0.15) is 5.56 Å². The highest BCUT2D eigenvalue weighted by atomic mass is 16.5. The molecule has 0 saturated carbocycles. The number of methoxy groups -OCH3 is 1. The number of carbonyl (C=O) groups is 4. The number of fused-ring (bicyclic) bond motifs is 1. The predicted molar refractivity (Wildman–Crippen MR) is 118 cm³/mol. The summed E-state index contributed by atoms with van der Waals surface area (Å²) in [6, 6.07) is 6.59. The minimum Gasteiger partial charge on any atom is -0.480 e. The van der Waals surface area contributed by atoms with Crippen LogP contribution in [0.15, 0.2) is 30.5 Å². The molecule has 0 spiro atoms. The summed E-state index contributed by atoms with van der Waals surface area (Å²) in [6.45, 7) is 2.93. The summed E-state index contributed by atoms with van der Waals surface area (Å²) in [4.78, 5) is 55.2. The number of aromatic nitrogens is 1. The molecule has 10 heteroatoms. The van der Waals surface area contributed by atoms with Crippen LogP contribution in [-0.2, 0) is 16.1 Å². The second-order valence-electron chi connectivity index (χ2n) is 8.35. The lowest BCUT2D eigenvalue weighted by Gasteiger charge is -2.38. The first-order valence-electron chi connectivity index (χ1n) is 10.6. The molecular formula is C23H25N5O5. The topological polar surface area (TPSA) is 144 Å². The molecule has 1 aromatic carbocycles. The number of carbonyl (C=O) groups excluding carboxylic acids is 4. The van der Waals surface area contributed by atoms with E-state index in [1.54, 1.807) is 4.90 Å². The van der Waals surface area contributed by atoms with Crippen molar-refractivity contribution in [2.75, 3.05) is 19.0 Å². The number of amides is 4. The minimum absolute atomic E-state index is 0.0105. The van der Waals surface area contributed by atoms with Gasteiger partial charge < -0.3 is 26.0 Å². The molecule has 0 radical (unpaired) electrons. The van der Waals surface area contributed by atoms with Gasteiger partial charge in [0.25, 0.3) is 11.8 Å². The number of nitrogens with two attached hydrogens (primary N) is 1. The van der Waals surface area contributed by atoms with E-state index < -0.39 is 17.7 Å². The molecule has 2 atom stereocenters. The highest BCUT2D eigenvalue weighted by Crippen LogP contribution is 2.35. The predicted octanol–water partition coefficient (Wildman–Crippen LogP) is 1.37. The van der Waals surface area contributed by atoms with Crippen LogP contribution in [0.3, 0.4) is 0 Å². The van der Waals surface area contributed by atoms with Crippen molar-refractivity contribution in [3.05, 3.63) is 52.7 Å². The summed E-state index contributed by atoms with van der Waals surface area (Å²) >= 11 is 0. The van der Waals surface area contributed by atoms with E-state index in [0.717, 1.165) is 17.5 Å². The Balaban J connectivity index is 1.57. The van der Waals surface area contributed by atoms with Crippen molar-refractivity contribution >= 4 is 29.3 Å². The average molecular weight is 451 g/mol. The normalized spacial score (nSPS) is 19.5. The third-order valence-electron chi connectivity index (χ3n) is 6.04. The number of nitrogens with zero attached hydrogens (tertiary/aromatic N) is 2. The summed E-state index contributed by atoms with van der Waals surface area (Å²) in [6.07, 6.45) is 2.85. The molecule has 3 heterocycles. The average Bonchev–Trinajstić information content (AvgIpc) is 3.18. The van der Waals surface area contributed by atoms with E-state index >= 15 is 0 Å². The largest absolute Gasteiger partial charge is 0.480 e. The van der Waals surface area contributed by atoms with Gasteiger partial charge in [0, 0.05) is 18.7 Å². The van der Waals surface area contributed by atoms with E-state index in [9.17, 15) is 19.2 Å². The van der Waals surface area contributed by atoms with Gasteiger partial charge in [0.2, 0.25) is 5.88 Å². The Kier molecular flexibility index (Phi) is 5.99. The van der Waals surface area contributed by atoms with Crippen molar-refractivity contribution in [1.29, 1.82) is 0 Å². The summed E-state index contributed by atoms with van der Waals surface area (Å²) in [5, 5.41) is 5.29. The minimum atomic E-state index is -0.851. The molecule has 0 aliphatic carbocycles. The second-order valence-corrected chi connectivity index (χ2v) is 8.35. The van der Waals surface area contributed by atoms with E-state index in [-0.39, 0.29) is 35.0 Å². The molecule has 4 amide bonds. The molecule has 0 bridgehead atoms. The molecule has 4 rings (SSSR count). The summed E-state index contributed by atoms with van der Waals surface area (Å²) in [5.74, 6) is -2.21. The van der Waals surface area contributed by atoms with Crippen LogP contribution >= 0.6 is 0 Å². The Morgan fingerprint density at radius 1 is 1.24 bits per heavy atom. The quantitative estimate of drug-likeness (QED) is 0.599. The number of nitrogens with one attached hydrogen (secondary N) is 2. The van der Waals surface area contributed by atoms with Crippen molar-refractivity contribution in [2.24, 2.45) is 11.7 Å². The van der Waals surface area contributed by atoms with E-state index in [0.29, 0.717) is 25.1 Å². The van der Waals surface area contributed by atoms with Gasteiger partial charge in [0.15, 0.2) is 0 Å². The third-order valence-corrected chi connectivity index (χ3v) is 6.04. The lowest BCUT2D eigenvalue weighted by Crippen LogP contribution is -2.46. The maximum atomic E-state index is 13.2. The van der Waals surface area contributed by atoms with Crippen LogP contribution in [0, 0.1) is 5.92 Å². The Labute approximate surface area is 190 Å². The number of likely N-dealkylation sites (tertiary alicyclic amines) is 1. The van der Waals surface area contributed by atoms with Crippen molar-refractivity contribution < 1.29 is 23.9 Å². The number of hydrogen-bond donors (Lipinski definition) is 3. The molecule has 33 heavy (non-hydrogen) atoms. The third kappa shape index (κ3) is 4.36. The fourth-order valence-corrected chi connectivity index (χ4v) is 4.34. The van der Waals surface area contributed by atoms with Crippen LogP contribution in [0.1, 0.15) is 57.7 Å². The number of benzene rings is 1. The standard InChI is InChI=1S/C23H25N5O5/c1-12-3-6-18(13-4-5-14-9-25-20(30)16(14)7-13)28(11-12)23(32)21(31)27-15-8-17(19(24)29)22(33-2)26-10-15/h4-5,7-8,10,12,18H,3,6,9,11H2,1-2H3,(H2,24,29)(H,25,30)(H,27,31)/t12-,18+/m1/s1. The zero-order valence-electron chi connectivity index (χ0n) is 18.4. The fourth-order valence-electron chi connectivity index (χ4n) is 4.34. The smallest absolute Gasteiger partial charge is 0.313 e. The zero-order valence-corrected chi connectivity index (χ0v) is 18.4. The van der Waals surface area contributed by atoms with Crippen LogP contribution < -0.4 is 21.1 Å². The first-order valence-corrected chi connectivity index (χ1v) is 10.6. The van der Waals surface area contributed by atoms with E-state index in [4.69, 9.17) is 10.5 Å². The zero-order chi connectivity index (χ0) is 23.7. The molecule has 2 aromatic rings. The molecule has 10 nitrogen and oxygen atoms in total. The van der Waals surface area contributed by atoms with Gasteiger partial charge in [-0.1, -0.05) is 19.1 Å². The van der Waals surface area contributed by atoms with E-state index in [2.05, 4.69) is 15.6 Å². The Morgan fingerprint density at radius 3 is 2.76 bits per heavy atom. The summed E-state index contributed by atoms with van der Waals surface area (Å²) in [7, 11) is 1.34. The fraction of sp³-hybridized carbons (Fsp3) is 0.348. The van der Waals surface area contributed by atoms with Crippen molar-refractivity contribution in [2.45, 2.75) is 32.4 Å². The highest BCUT2D eigenvalue weighted by Gasteiger charge is 2.35. The highest BCUT2D eigenvalue weighted by molar-refractivity contribution is 6.39. The molecular weight excluding hydrogens is 426 g/mol. The Hall–Kier alpha value is -3.95. The molecule has 1 saturated heterocycles. The maximum Gasteiger partial charge on any atom is 0.313 e. The van der Waals surface area contributed by atoms with Crippen LogP contribution in [0.4, 0.5) is 5.69 Å². The van der Waals surface area contributed by atoms with Gasteiger partial charge in [-0.05, 0) is 42.0 Å². The number of pyridine rings is 1. The SMILES string of the molecule is COc1ncc(NC(=O)C(=O)N2C[C@H](C)CC[C@H]2c2ccc3c(c2)C(=O)NC3)cc1C(N)=O. The van der Waals surface area contributed by atoms with Crippen LogP contribution in [0.2, 0.25) is 0 Å². The Bertz CT molecular complexity index is 1150. The van der Waals surface area contributed by atoms with Crippen molar-refractivity contribution in [3.8, 4) is 5.88 Å². The van der Waals surface area contributed by atoms with E-state index in [1.165, 1.54) is 19.4 Å². The molecule has 1 fully saturated rings. The lowest BCUT2D eigenvalue weighted by molar-refractivity contribution is -0.146. The molecule has 0 unspecified atom stereocenters. The van der Waals surface area contributed by atoms with Gasteiger partial charge >= 0.3 is 11.8 Å². The molecule has 4 N–H and O–H groups in total. The van der Waals surface area contributed by atoms with Gasteiger partial charge in [-0.25, -0.2) is 4.98 Å². The van der Waals surface area contributed by atoms with Crippen LogP contribution in [0.25, 0.3) is 0 Å². The van der Waals surface area contributed by atoms with Gasteiger partial charge in [-0.3, -0.25) is 19.2 Å². The van der Waals surface area contributed by atoms with Gasteiger partial charge in [0.05, 0.1) is 25.0 Å². The van der Waals surface area contributed by atoms with E-state index in [1.807, 2.05) is 25.1 Å². The number of ether oxygens (including phenoxy) is 1. The number of hydrogen-bond acceptors (Lipinski definition) is 6. The number of primary amides is 1. The van der Waals surface area contributed by atoms with Crippen molar-refractivity contribution in [3.63, 3.8) is 0 Å². The Morgan fingerprint density at radius 2 is 2.03 bits per heavy atom. The lowest BCUT2D eigenvalue weighted by atomic mass is 9.88. The van der Waals surface area contributed by atoms with Crippen LogP contribution in [-0.4, -0.2) is 47.2 Å². The monoisotopic (exact) mass is 451 g/mol.